The van der Waals surface area contributed by atoms with Gasteiger partial charge in [-0.2, -0.15) is 0 Å². The average molecular weight is 388 g/mol. The molecule has 1 aromatic carbocycles. The fourth-order valence-electron chi connectivity index (χ4n) is 3.89. The number of carbonyl (C=O) groups is 1. The van der Waals surface area contributed by atoms with Crippen LogP contribution in [0.4, 0.5) is 0 Å². The maximum Gasteiger partial charge on any atom is 0.230 e. The molecule has 6 heteroatoms. The summed E-state index contributed by atoms with van der Waals surface area (Å²) in [5.74, 6) is 0.988. The summed E-state index contributed by atoms with van der Waals surface area (Å²) >= 11 is 0. The second kappa shape index (κ2) is 10.5. The molecule has 156 valence electrons. The Hall–Kier alpha value is -2.08. The van der Waals surface area contributed by atoms with Crippen LogP contribution in [0.25, 0.3) is 0 Å². The average Bonchev–Trinajstić information content (AvgIpc) is 3.18. The number of nitrogens with one attached hydrogen (secondary N) is 2. The van der Waals surface area contributed by atoms with Crippen molar-refractivity contribution >= 4 is 11.9 Å². The summed E-state index contributed by atoms with van der Waals surface area (Å²) in [5, 5.41) is 6.82. The third kappa shape index (κ3) is 5.96. The number of benzene rings is 1. The van der Waals surface area contributed by atoms with Crippen LogP contribution in [-0.4, -0.2) is 69.0 Å². The standard InChI is InChI=1S/C22H37N5O/c1-18(27(5)16-19-11-7-6-8-12-19)15-24-21(23-2)25-17-22(13-9-10-14-22)20(28)26(3)4/h6-8,11-12,18H,9-10,13-17H2,1-5H3,(H2,23,24,25). The molecule has 2 N–H and O–H groups in total. The van der Waals surface area contributed by atoms with Crippen molar-refractivity contribution in [1.82, 2.24) is 20.4 Å². The predicted octanol–water partition coefficient (Wildman–Crippen LogP) is 2.32. The van der Waals surface area contributed by atoms with Gasteiger partial charge in [-0.3, -0.25) is 14.7 Å². The molecule has 1 aromatic rings. The molecule has 0 aliphatic heterocycles. The normalized spacial score (nSPS) is 17.4. The minimum Gasteiger partial charge on any atom is -0.355 e. The molecule has 0 heterocycles. The van der Waals surface area contributed by atoms with Gasteiger partial charge in [0.1, 0.15) is 0 Å². The molecule has 0 aromatic heterocycles. The van der Waals surface area contributed by atoms with Gasteiger partial charge in [0, 0.05) is 46.8 Å². The number of amides is 1. The highest BCUT2D eigenvalue weighted by molar-refractivity contribution is 5.85. The summed E-state index contributed by atoms with van der Waals surface area (Å²) in [6, 6.07) is 10.8. The van der Waals surface area contributed by atoms with Gasteiger partial charge in [0.15, 0.2) is 5.96 Å². The number of hydrogen-bond acceptors (Lipinski definition) is 3. The van der Waals surface area contributed by atoms with Crippen molar-refractivity contribution in [3.63, 3.8) is 0 Å². The Morgan fingerprint density at radius 2 is 1.79 bits per heavy atom. The molecule has 6 nitrogen and oxygen atoms in total. The summed E-state index contributed by atoms with van der Waals surface area (Å²) < 4.78 is 0. The fourth-order valence-corrected chi connectivity index (χ4v) is 3.89. The van der Waals surface area contributed by atoms with Crippen molar-refractivity contribution in [2.45, 2.75) is 45.2 Å². The first-order chi connectivity index (χ1) is 13.4. The first-order valence-electron chi connectivity index (χ1n) is 10.3. The van der Waals surface area contributed by atoms with E-state index in [0.29, 0.717) is 12.6 Å². The van der Waals surface area contributed by atoms with Crippen LogP contribution in [0.3, 0.4) is 0 Å². The highest BCUT2D eigenvalue weighted by Crippen LogP contribution is 2.38. The van der Waals surface area contributed by atoms with Gasteiger partial charge in [-0.1, -0.05) is 43.2 Å². The van der Waals surface area contributed by atoms with E-state index in [1.807, 2.05) is 20.2 Å². The fraction of sp³-hybridized carbons (Fsp3) is 0.636. The molecule has 1 amide bonds. The van der Waals surface area contributed by atoms with Crippen LogP contribution in [0.2, 0.25) is 0 Å². The number of hydrogen-bond donors (Lipinski definition) is 2. The highest BCUT2D eigenvalue weighted by atomic mass is 16.2. The Morgan fingerprint density at radius 3 is 2.36 bits per heavy atom. The number of likely N-dealkylation sites (N-methyl/N-ethyl adjacent to an activating group) is 1. The van der Waals surface area contributed by atoms with Gasteiger partial charge in [0.25, 0.3) is 0 Å². The highest BCUT2D eigenvalue weighted by Gasteiger charge is 2.42. The number of rotatable bonds is 8. The molecular weight excluding hydrogens is 350 g/mol. The third-order valence-electron chi connectivity index (χ3n) is 5.83. The second-order valence-corrected chi connectivity index (χ2v) is 8.24. The van der Waals surface area contributed by atoms with Gasteiger partial charge >= 0.3 is 0 Å². The quantitative estimate of drug-likeness (QED) is 0.531. The van der Waals surface area contributed by atoms with E-state index in [9.17, 15) is 4.79 Å². The number of guanidine groups is 1. The van der Waals surface area contributed by atoms with Crippen LogP contribution < -0.4 is 10.6 Å². The van der Waals surface area contributed by atoms with Gasteiger partial charge in [-0.05, 0) is 32.4 Å². The molecule has 1 fully saturated rings. The third-order valence-corrected chi connectivity index (χ3v) is 5.83. The summed E-state index contributed by atoms with van der Waals surface area (Å²) in [4.78, 5) is 21.1. The molecule has 1 unspecified atom stereocenters. The van der Waals surface area contributed by atoms with Crippen LogP contribution >= 0.6 is 0 Å². The molecule has 1 aliphatic rings. The van der Waals surface area contributed by atoms with E-state index in [-0.39, 0.29) is 11.3 Å². The minimum atomic E-state index is -0.295. The molecule has 1 saturated carbocycles. The molecular formula is C22H37N5O. The Morgan fingerprint density at radius 1 is 1.14 bits per heavy atom. The topological polar surface area (TPSA) is 60.0 Å². The van der Waals surface area contributed by atoms with E-state index in [0.717, 1.165) is 44.7 Å². The SMILES string of the molecule is CN=C(NCC(C)N(C)Cc1ccccc1)NCC1(C(=O)N(C)C)CCCC1. The number of nitrogens with zero attached hydrogens (tertiary/aromatic N) is 3. The van der Waals surface area contributed by atoms with Crippen molar-refractivity contribution < 1.29 is 4.79 Å². The first-order valence-corrected chi connectivity index (χ1v) is 10.3. The first kappa shape index (κ1) is 22.2. The van der Waals surface area contributed by atoms with Gasteiger partial charge < -0.3 is 15.5 Å². The summed E-state index contributed by atoms with van der Waals surface area (Å²) in [7, 11) is 7.61. The smallest absolute Gasteiger partial charge is 0.230 e. The maximum atomic E-state index is 12.7. The summed E-state index contributed by atoms with van der Waals surface area (Å²) in [6.45, 7) is 4.54. The lowest BCUT2D eigenvalue weighted by atomic mass is 9.84. The van der Waals surface area contributed by atoms with Crippen molar-refractivity contribution in [1.29, 1.82) is 0 Å². The number of aliphatic imine (C=N–C) groups is 1. The van der Waals surface area contributed by atoms with E-state index in [1.54, 1.807) is 11.9 Å². The molecule has 28 heavy (non-hydrogen) atoms. The lowest BCUT2D eigenvalue weighted by Gasteiger charge is -2.32. The molecule has 1 aliphatic carbocycles. The molecule has 2 rings (SSSR count). The largest absolute Gasteiger partial charge is 0.355 e. The van der Waals surface area contributed by atoms with Gasteiger partial charge in [0.2, 0.25) is 5.91 Å². The Labute approximate surface area is 170 Å². The predicted molar refractivity (Wildman–Crippen MR) is 116 cm³/mol. The van der Waals surface area contributed by atoms with Gasteiger partial charge in [-0.15, -0.1) is 0 Å². The van der Waals surface area contributed by atoms with Crippen LogP contribution in [0.5, 0.6) is 0 Å². The molecule has 0 saturated heterocycles. The van der Waals surface area contributed by atoms with E-state index in [2.05, 4.69) is 58.8 Å². The minimum absolute atomic E-state index is 0.226. The van der Waals surface area contributed by atoms with Gasteiger partial charge in [-0.25, -0.2) is 0 Å². The van der Waals surface area contributed by atoms with E-state index in [4.69, 9.17) is 0 Å². The Balaban J connectivity index is 1.84. The molecule has 0 radical (unpaired) electrons. The molecule has 0 bridgehead atoms. The van der Waals surface area contributed by atoms with Gasteiger partial charge in [0.05, 0.1) is 5.41 Å². The van der Waals surface area contributed by atoms with E-state index < -0.39 is 0 Å². The van der Waals surface area contributed by atoms with E-state index >= 15 is 0 Å². The molecule has 1 atom stereocenters. The Kier molecular flexibility index (Phi) is 8.30. The number of carbonyl (C=O) groups excluding carboxylic acids is 1. The van der Waals surface area contributed by atoms with Crippen molar-refractivity contribution in [3.05, 3.63) is 35.9 Å². The summed E-state index contributed by atoms with van der Waals surface area (Å²) in [5.41, 5.74) is 1.02. The lowest BCUT2D eigenvalue weighted by Crippen LogP contribution is -2.50. The Bertz CT molecular complexity index is 638. The van der Waals surface area contributed by atoms with Crippen LogP contribution in [0.1, 0.15) is 38.2 Å². The second-order valence-electron chi connectivity index (χ2n) is 8.24. The monoisotopic (exact) mass is 387 g/mol. The van der Waals surface area contributed by atoms with Crippen molar-refractivity contribution in [2.24, 2.45) is 10.4 Å². The lowest BCUT2D eigenvalue weighted by molar-refractivity contribution is -0.138. The zero-order chi connectivity index (χ0) is 20.6. The zero-order valence-electron chi connectivity index (χ0n) is 18.2. The van der Waals surface area contributed by atoms with Crippen molar-refractivity contribution in [2.75, 3.05) is 41.3 Å². The molecule has 0 spiro atoms. The van der Waals surface area contributed by atoms with Crippen LogP contribution in [0.15, 0.2) is 35.3 Å². The zero-order valence-corrected chi connectivity index (χ0v) is 18.2. The van der Waals surface area contributed by atoms with Crippen molar-refractivity contribution in [3.8, 4) is 0 Å². The van der Waals surface area contributed by atoms with Crippen LogP contribution in [0, 0.1) is 5.41 Å². The maximum absolute atomic E-state index is 12.7. The summed E-state index contributed by atoms with van der Waals surface area (Å²) in [6.07, 6.45) is 4.14. The van der Waals surface area contributed by atoms with Crippen LogP contribution in [-0.2, 0) is 11.3 Å². The van der Waals surface area contributed by atoms with E-state index in [1.165, 1.54) is 5.56 Å².